The number of hydrogen-bond acceptors (Lipinski definition) is 6. The second-order valence-corrected chi connectivity index (χ2v) is 8.86. The first-order chi connectivity index (χ1) is 17.2. The minimum atomic E-state index is -1.17. The van der Waals surface area contributed by atoms with Gasteiger partial charge in [-0.3, -0.25) is 14.4 Å². The number of fused-ring (bicyclic) bond motifs is 1. The maximum atomic E-state index is 12.9. The molecule has 12 heteroatoms. The molecule has 0 saturated carbocycles. The summed E-state index contributed by atoms with van der Waals surface area (Å²) in [5.41, 5.74) is 8.55. The molecular weight excluding hydrogens is 466 g/mol. The van der Waals surface area contributed by atoms with E-state index in [-0.39, 0.29) is 18.8 Å². The van der Waals surface area contributed by atoms with Crippen molar-refractivity contribution >= 4 is 34.6 Å². The Kier molecular flexibility index (Phi) is 8.79. The molecule has 3 aromatic rings. The zero-order valence-corrected chi connectivity index (χ0v) is 20.1. The molecule has 3 amide bonds. The first-order valence-electron chi connectivity index (χ1n) is 11.5. The number of imidazole rings is 1. The van der Waals surface area contributed by atoms with E-state index >= 15 is 0 Å². The Bertz CT molecular complexity index is 1200. The predicted molar refractivity (Wildman–Crippen MR) is 132 cm³/mol. The number of nitrogens with zero attached hydrogens (tertiary/aromatic N) is 1. The summed E-state index contributed by atoms with van der Waals surface area (Å²) < 4.78 is 0. The van der Waals surface area contributed by atoms with Crippen LogP contribution in [0.4, 0.5) is 0 Å². The van der Waals surface area contributed by atoms with Crippen LogP contribution in [-0.2, 0) is 32.0 Å². The monoisotopic (exact) mass is 497 g/mol. The first kappa shape index (κ1) is 26.4. The van der Waals surface area contributed by atoms with Gasteiger partial charge in [0.25, 0.3) is 0 Å². The first-order valence-corrected chi connectivity index (χ1v) is 11.5. The molecule has 2 aromatic heterocycles. The zero-order chi connectivity index (χ0) is 26.2. The summed E-state index contributed by atoms with van der Waals surface area (Å²) in [5.74, 6) is -3.32. The minimum Gasteiger partial charge on any atom is -0.480 e. The molecule has 3 rings (SSSR count). The van der Waals surface area contributed by atoms with Crippen molar-refractivity contribution in [3.8, 4) is 0 Å². The third-order valence-corrected chi connectivity index (χ3v) is 5.74. The van der Waals surface area contributed by atoms with E-state index in [0.717, 1.165) is 16.5 Å². The number of benzene rings is 1. The highest BCUT2D eigenvalue weighted by Gasteiger charge is 2.27. The van der Waals surface area contributed by atoms with Crippen molar-refractivity contribution in [2.75, 3.05) is 6.54 Å². The van der Waals surface area contributed by atoms with Crippen molar-refractivity contribution < 1.29 is 24.3 Å². The Morgan fingerprint density at radius 3 is 2.47 bits per heavy atom. The number of carboxylic acid groups (broad SMARTS) is 1. The second kappa shape index (κ2) is 12.0. The second-order valence-electron chi connectivity index (χ2n) is 8.86. The molecule has 36 heavy (non-hydrogen) atoms. The van der Waals surface area contributed by atoms with Gasteiger partial charge in [-0.2, -0.15) is 0 Å². The van der Waals surface area contributed by atoms with E-state index in [4.69, 9.17) is 5.73 Å². The van der Waals surface area contributed by atoms with Crippen LogP contribution in [0.3, 0.4) is 0 Å². The summed E-state index contributed by atoms with van der Waals surface area (Å²) in [6.45, 7) is 2.87. The number of nitrogens with one attached hydrogen (secondary N) is 5. The van der Waals surface area contributed by atoms with Gasteiger partial charge >= 0.3 is 5.97 Å². The van der Waals surface area contributed by atoms with Gasteiger partial charge in [-0.25, -0.2) is 9.78 Å². The summed E-state index contributed by atoms with van der Waals surface area (Å²) in [7, 11) is 0. The number of nitrogens with two attached hydrogens (primary N) is 1. The highest BCUT2D eigenvalue weighted by molar-refractivity contribution is 5.93. The van der Waals surface area contributed by atoms with E-state index in [1.54, 1.807) is 20.0 Å². The molecule has 0 aliphatic rings. The highest BCUT2D eigenvalue weighted by atomic mass is 16.4. The normalized spacial score (nSPS) is 13.7. The molecular formula is C24H31N7O5. The van der Waals surface area contributed by atoms with Crippen molar-refractivity contribution in [1.82, 2.24) is 30.9 Å². The van der Waals surface area contributed by atoms with Gasteiger partial charge < -0.3 is 36.8 Å². The fraction of sp³-hybridized carbons (Fsp3) is 0.375. The lowest BCUT2D eigenvalue weighted by Crippen LogP contribution is -2.55. The van der Waals surface area contributed by atoms with E-state index in [0.29, 0.717) is 5.69 Å². The van der Waals surface area contributed by atoms with Gasteiger partial charge in [0, 0.05) is 35.4 Å². The SMILES string of the molecule is CC(C)C(NC(=O)CNC(=O)C(Cc1cnc[nH]1)NC(=O)C(N)Cc1c[nH]c2ccccc12)C(=O)O. The fourth-order valence-electron chi connectivity index (χ4n) is 3.76. The molecule has 0 aliphatic carbocycles. The van der Waals surface area contributed by atoms with Crippen molar-refractivity contribution in [2.24, 2.45) is 11.7 Å². The number of carbonyl (C=O) groups excluding carboxylic acids is 3. The molecule has 3 unspecified atom stereocenters. The van der Waals surface area contributed by atoms with Gasteiger partial charge in [-0.1, -0.05) is 32.0 Å². The number of rotatable bonds is 12. The summed E-state index contributed by atoms with van der Waals surface area (Å²) in [5, 5.41) is 17.7. The van der Waals surface area contributed by atoms with E-state index < -0.39 is 48.4 Å². The topological polar surface area (TPSA) is 195 Å². The number of H-pyrrole nitrogens is 2. The van der Waals surface area contributed by atoms with Gasteiger partial charge in [0.05, 0.1) is 18.9 Å². The molecule has 3 atom stereocenters. The lowest BCUT2D eigenvalue weighted by Gasteiger charge is -2.21. The molecule has 0 aliphatic heterocycles. The van der Waals surface area contributed by atoms with Crippen LogP contribution in [0.25, 0.3) is 10.9 Å². The number of aliphatic carboxylic acids is 1. The summed E-state index contributed by atoms with van der Waals surface area (Å²) in [6.07, 6.45) is 5.10. The summed E-state index contributed by atoms with van der Waals surface area (Å²) in [6, 6.07) is 4.60. The van der Waals surface area contributed by atoms with E-state index in [1.807, 2.05) is 24.3 Å². The molecule has 0 radical (unpaired) electrons. The van der Waals surface area contributed by atoms with Crippen molar-refractivity contribution in [2.45, 2.75) is 44.8 Å². The van der Waals surface area contributed by atoms with Crippen LogP contribution in [0.5, 0.6) is 0 Å². The van der Waals surface area contributed by atoms with Gasteiger partial charge in [0.2, 0.25) is 17.7 Å². The van der Waals surface area contributed by atoms with Crippen molar-refractivity contribution in [3.05, 3.63) is 54.2 Å². The van der Waals surface area contributed by atoms with Crippen LogP contribution in [-0.4, -0.2) is 68.4 Å². The molecule has 0 spiro atoms. The Morgan fingerprint density at radius 2 is 1.81 bits per heavy atom. The van der Waals surface area contributed by atoms with Crippen LogP contribution in [0.1, 0.15) is 25.1 Å². The molecule has 2 heterocycles. The number of carboxylic acids is 1. The Balaban J connectivity index is 1.62. The van der Waals surface area contributed by atoms with Crippen molar-refractivity contribution in [3.63, 3.8) is 0 Å². The van der Waals surface area contributed by atoms with Gasteiger partial charge in [0.15, 0.2) is 0 Å². The Morgan fingerprint density at radius 1 is 1.06 bits per heavy atom. The molecule has 0 fully saturated rings. The van der Waals surface area contributed by atoms with Gasteiger partial charge in [-0.15, -0.1) is 0 Å². The standard InChI is InChI=1S/C24H31N7O5/c1-13(2)21(24(35)36)31-20(32)11-28-23(34)19(8-15-10-26-12-29-15)30-22(33)17(25)7-14-9-27-18-6-4-3-5-16(14)18/h3-6,9-10,12-13,17,19,21,27H,7-8,11,25H2,1-2H3,(H,26,29)(H,28,34)(H,30,33)(H,31,32)(H,35,36). The third-order valence-electron chi connectivity index (χ3n) is 5.74. The van der Waals surface area contributed by atoms with E-state index in [1.165, 1.54) is 12.5 Å². The number of aromatic nitrogens is 3. The molecule has 8 N–H and O–H groups in total. The van der Waals surface area contributed by atoms with Crippen LogP contribution in [0.2, 0.25) is 0 Å². The number of amides is 3. The van der Waals surface area contributed by atoms with Crippen LogP contribution in [0.15, 0.2) is 43.0 Å². The average Bonchev–Trinajstić information content (AvgIpc) is 3.50. The number of para-hydroxylation sites is 1. The zero-order valence-electron chi connectivity index (χ0n) is 20.1. The van der Waals surface area contributed by atoms with Crippen LogP contribution in [0, 0.1) is 5.92 Å². The van der Waals surface area contributed by atoms with Crippen molar-refractivity contribution in [1.29, 1.82) is 0 Å². The maximum absolute atomic E-state index is 12.9. The summed E-state index contributed by atoms with van der Waals surface area (Å²) in [4.78, 5) is 59.2. The quantitative estimate of drug-likeness (QED) is 0.180. The molecule has 0 saturated heterocycles. The molecule has 192 valence electrons. The molecule has 12 nitrogen and oxygen atoms in total. The minimum absolute atomic E-state index is 0.0861. The molecule has 0 bridgehead atoms. The summed E-state index contributed by atoms with van der Waals surface area (Å²) >= 11 is 0. The molecule has 1 aromatic carbocycles. The highest BCUT2D eigenvalue weighted by Crippen LogP contribution is 2.18. The predicted octanol–water partition coefficient (Wildman–Crippen LogP) is -0.170. The largest absolute Gasteiger partial charge is 0.480 e. The Hall–Kier alpha value is -4.19. The third kappa shape index (κ3) is 6.92. The van der Waals surface area contributed by atoms with E-state index in [2.05, 4.69) is 30.9 Å². The average molecular weight is 498 g/mol. The Labute approximate surface area is 207 Å². The maximum Gasteiger partial charge on any atom is 0.326 e. The van der Waals surface area contributed by atoms with Crippen LogP contribution >= 0.6 is 0 Å². The van der Waals surface area contributed by atoms with Crippen LogP contribution < -0.4 is 21.7 Å². The number of aromatic amines is 2. The van der Waals surface area contributed by atoms with Gasteiger partial charge in [0.1, 0.15) is 12.1 Å². The lowest BCUT2D eigenvalue weighted by molar-refractivity contribution is -0.143. The fourth-order valence-corrected chi connectivity index (χ4v) is 3.76. The van der Waals surface area contributed by atoms with Gasteiger partial charge in [-0.05, 0) is 24.0 Å². The number of hydrogen-bond donors (Lipinski definition) is 7. The smallest absolute Gasteiger partial charge is 0.326 e. The lowest BCUT2D eigenvalue weighted by atomic mass is 10.0. The van der Waals surface area contributed by atoms with E-state index in [9.17, 15) is 24.3 Å². The number of carbonyl (C=O) groups is 4.